The monoisotopic (exact) mass is 321 g/mol. The van der Waals surface area contributed by atoms with Gasteiger partial charge in [0, 0.05) is 13.1 Å². The molecule has 0 N–H and O–H groups in total. The summed E-state index contributed by atoms with van der Waals surface area (Å²) >= 11 is 0. The number of hydrogen-bond acceptors (Lipinski definition) is 6. The third kappa shape index (κ3) is 3.44. The van der Waals surface area contributed by atoms with Crippen LogP contribution in [0.1, 0.15) is 12.5 Å². The van der Waals surface area contributed by atoms with E-state index in [9.17, 15) is 14.4 Å². The number of benzene rings is 1. The molecule has 124 valence electrons. The van der Waals surface area contributed by atoms with Crippen molar-refractivity contribution in [2.24, 2.45) is 5.92 Å². The molecule has 2 rings (SSSR count). The van der Waals surface area contributed by atoms with E-state index >= 15 is 0 Å². The molecular formula is C16H19NO6. The molecule has 0 aliphatic carbocycles. The molecule has 0 radical (unpaired) electrons. The smallest absolute Gasteiger partial charge is 0.318 e. The van der Waals surface area contributed by atoms with Gasteiger partial charge in [-0.3, -0.25) is 14.4 Å². The van der Waals surface area contributed by atoms with Crippen LogP contribution in [0.25, 0.3) is 0 Å². The van der Waals surface area contributed by atoms with Crippen LogP contribution in [0.5, 0.6) is 11.5 Å². The van der Waals surface area contributed by atoms with Crippen LogP contribution in [0.15, 0.2) is 18.2 Å². The minimum Gasteiger partial charge on any atom is -0.493 e. The fourth-order valence-corrected chi connectivity index (χ4v) is 2.45. The second-order valence-corrected chi connectivity index (χ2v) is 5.04. The zero-order valence-corrected chi connectivity index (χ0v) is 13.3. The van der Waals surface area contributed by atoms with E-state index in [1.165, 1.54) is 19.1 Å². The third-order valence-corrected chi connectivity index (χ3v) is 3.61. The van der Waals surface area contributed by atoms with Crippen LogP contribution in [-0.4, -0.2) is 49.9 Å². The molecule has 23 heavy (non-hydrogen) atoms. The second kappa shape index (κ2) is 7.13. The van der Waals surface area contributed by atoms with Crippen molar-refractivity contribution in [1.82, 2.24) is 4.90 Å². The lowest BCUT2D eigenvalue weighted by Gasteiger charge is -2.16. The zero-order chi connectivity index (χ0) is 17.0. The van der Waals surface area contributed by atoms with E-state index in [-0.39, 0.29) is 19.7 Å². The maximum atomic E-state index is 12.0. The Labute approximate surface area is 134 Å². The number of ketones is 1. The van der Waals surface area contributed by atoms with Gasteiger partial charge in [0.05, 0.1) is 20.8 Å². The van der Waals surface area contributed by atoms with Crippen molar-refractivity contribution in [2.75, 3.05) is 27.4 Å². The number of ether oxygens (including phenoxy) is 3. The molecule has 1 atom stereocenters. The Balaban J connectivity index is 2.13. The van der Waals surface area contributed by atoms with Crippen LogP contribution in [0.3, 0.4) is 0 Å². The van der Waals surface area contributed by atoms with Gasteiger partial charge in [-0.1, -0.05) is 6.07 Å². The van der Waals surface area contributed by atoms with Gasteiger partial charge in [0.1, 0.15) is 5.92 Å². The Hall–Kier alpha value is -2.57. The fraction of sp³-hybridized carbons (Fsp3) is 0.438. The summed E-state index contributed by atoms with van der Waals surface area (Å²) in [7, 11) is 3.05. The number of likely N-dealkylation sites (tertiary alicyclic amines) is 1. The first-order valence-electron chi connectivity index (χ1n) is 7.22. The van der Waals surface area contributed by atoms with Gasteiger partial charge >= 0.3 is 5.97 Å². The highest BCUT2D eigenvalue weighted by atomic mass is 16.5. The highest BCUT2D eigenvalue weighted by Crippen LogP contribution is 2.29. The molecule has 1 unspecified atom stereocenters. The highest BCUT2D eigenvalue weighted by Gasteiger charge is 2.43. The van der Waals surface area contributed by atoms with Gasteiger partial charge in [-0.2, -0.15) is 0 Å². The first kappa shape index (κ1) is 16.8. The Morgan fingerprint density at radius 1 is 1.22 bits per heavy atom. The number of hydrogen-bond donors (Lipinski definition) is 0. The predicted octanol–water partition coefficient (Wildman–Crippen LogP) is 0.794. The molecule has 0 saturated carbocycles. The van der Waals surface area contributed by atoms with Gasteiger partial charge in [0.15, 0.2) is 11.5 Å². The first-order chi connectivity index (χ1) is 11.0. The van der Waals surface area contributed by atoms with Gasteiger partial charge in [0.2, 0.25) is 5.78 Å². The van der Waals surface area contributed by atoms with Gasteiger partial charge in [-0.05, 0) is 24.6 Å². The van der Waals surface area contributed by atoms with Crippen molar-refractivity contribution in [1.29, 1.82) is 0 Å². The lowest BCUT2D eigenvalue weighted by molar-refractivity contribution is -0.151. The molecule has 1 aliphatic heterocycles. The molecular weight excluding hydrogens is 302 g/mol. The number of amides is 1. The summed E-state index contributed by atoms with van der Waals surface area (Å²) in [6, 6.07) is 5.23. The largest absolute Gasteiger partial charge is 0.493 e. The number of methoxy groups -OCH3 is 2. The fourth-order valence-electron chi connectivity index (χ4n) is 2.45. The van der Waals surface area contributed by atoms with Crippen LogP contribution in [-0.2, 0) is 25.7 Å². The molecule has 0 spiro atoms. The minimum atomic E-state index is -1.04. The normalized spacial score (nSPS) is 17.3. The van der Waals surface area contributed by atoms with Gasteiger partial charge in [0.25, 0.3) is 5.91 Å². The molecule has 1 aliphatic rings. The molecule has 1 amide bonds. The van der Waals surface area contributed by atoms with Crippen molar-refractivity contribution < 1.29 is 28.6 Å². The summed E-state index contributed by atoms with van der Waals surface area (Å²) in [5.41, 5.74) is 0.772. The summed E-state index contributed by atoms with van der Waals surface area (Å²) in [4.78, 5) is 37.0. The Morgan fingerprint density at radius 3 is 2.52 bits per heavy atom. The topological polar surface area (TPSA) is 82.1 Å². The zero-order valence-electron chi connectivity index (χ0n) is 13.3. The van der Waals surface area contributed by atoms with E-state index in [1.54, 1.807) is 25.1 Å². The minimum absolute atomic E-state index is 0.0326. The average molecular weight is 321 g/mol. The second-order valence-electron chi connectivity index (χ2n) is 5.04. The van der Waals surface area contributed by atoms with Crippen molar-refractivity contribution >= 4 is 17.7 Å². The van der Waals surface area contributed by atoms with Crippen molar-refractivity contribution in [3.8, 4) is 11.5 Å². The molecule has 0 aromatic heterocycles. The summed E-state index contributed by atoms with van der Waals surface area (Å²) in [6.45, 7) is 2.07. The number of rotatable bonds is 6. The van der Waals surface area contributed by atoms with E-state index in [0.717, 1.165) is 5.56 Å². The molecule has 1 heterocycles. The molecule has 7 nitrogen and oxygen atoms in total. The number of esters is 1. The van der Waals surface area contributed by atoms with E-state index in [2.05, 4.69) is 0 Å². The standard InChI is InChI=1S/C16H19NO6/c1-4-23-16(20)11-9-17(15(19)14(11)18)8-10-5-6-12(21-2)13(7-10)22-3/h5-7,11H,4,8-9H2,1-3H3. The number of carbonyl (C=O) groups is 3. The summed E-state index contributed by atoms with van der Waals surface area (Å²) in [6.07, 6.45) is 0. The molecule has 1 aromatic carbocycles. The van der Waals surface area contributed by atoms with Crippen LogP contribution >= 0.6 is 0 Å². The molecule has 1 saturated heterocycles. The van der Waals surface area contributed by atoms with E-state index in [1.807, 2.05) is 0 Å². The van der Waals surface area contributed by atoms with Crippen LogP contribution < -0.4 is 9.47 Å². The van der Waals surface area contributed by atoms with Crippen LogP contribution in [0.4, 0.5) is 0 Å². The molecule has 7 heteroatoms. The predicted molar refractivity (Wildman–Crippen MR) is 80.1 cm³/mol. The van der Waals surface area contributed by atoms with Gasteiger partial charge in [-0.15, -0.1) is 0 Å². The Bertz CT molecular complexity index is 627. The van der Waals surface area contributed by atoms with Gasteiger partial charge in [-0.25, -0.2) is 0 Å². The van der Waals surface area contributed by atoms with Gasteiger partial charge < -0.3 is 19.1 Å². The number of nitrogens with zero attached hydrogens (tertiary/aromatic N) is 1. The molecule has 1 aromatic rings. The first-order valence-corrected chi connectivity index (χ1v) is 7.22. The maximum Gasteiger partial charge on any atom is 0.318 e. The third-order valence-electron chi connectivity index (χ3n) is 3.61. The van der Waals surface area contributed by atoms with Crippen molar-refractivity contribution in [3.05, 3.63) is 23.8 Å². The molecule has 0 bridgehead atoms. The average Bonchev–Trinajstić information content (AvgIpc) is 2.83. The van der Waals surface area contributed by atoms with E-state index in [0.29, 0.717) is 11.5 Å². The van der Waals surface area contributed by atoms with Crippen LogP contribution in [0, 0.1) is 5.92 Å². The summed E-state index contributed by atoms with van der Waals surface area (Å²) < 4.78 is 15.2. The lowest BCUT2D eigenvalue weighted by Crippen LogP contribution is -2.26. The summed E-state index contributed by atoms with van der Waals surface area (Å²) in [5.74, 6) is -1.97. The van der Waals surface area contributed by atoms with Crippen LogP contribution in [0.2, 0.25) is 0 Å². The van der Waals surface area contributed by atoms with Crippen molar-refractivity contribution in [3.63, 3.8) is 0 Å². The number of Topliss-reactive ketones (excluding diaryl/α,β-unsaturated/α-hetero) is 1. The molecule has 1 fully saturated rings. The van der Waals surface area contributed by atoms with Crippen molar-refractivity contribution in [2.45, 2.75) is 13.5 Å². The van der Waals surface area contributed by atoms with E-state index < -0.39 is 23.6 Å². The quantitative estimate of drug-likeness (QED) is 0.438. The summed E-state index contributed by atoms with van der Waals surface area (Å²) in [5, 5.41) is 0. The maximum absolute atomic E-state index is 12.0. The Kier molecular flexibility index (Phi) is 5.20. The highest BCUT2D eigenvalue weighted by molar-refractivity contribution is 6.42. The Morgan fingerprint density at radius 2 is 1.91 bits per heavy atom. The lowest BCUT2D eigenvalue weighted by atomic mass is 10.1. The van der Waals surface area contributed by atoms with E-state index in [4.69, 9.17) is 14.2 Å². The SMILES string of the molecule is CCOC(=O)C1CN(Cc2ccc(OC)c(OC)c2)C(=O)C1=O. The number of carbonyl (C=O) groups excluding carboxylic acids is 3.